The number of hydrogen-bond donors (Lipinski definition) is 0. The summed E-state index contributed by atoms with van der Waals surface area (Å²) in [7, 11) is 0. The third-order valence-corrected chi connectivity index (χ3v) is 8.33. The molecule has 8 nitrogen and oxygen atoms in total. The van der Waals surface area contributed by atoms with Crippen LogP contribution in [-0.2, 0) is 25.6 Å². The second-order valence-electron chi connectivity index (χ2n) is 9.91. The van der Waals surface area contributed by atoms with Crippen LogP contribution in [0.25, 0.3) is 27.8 Å². The van der Waals surface area contributed by atoms with Crippen LogP contribution >= 0.6 is 11.3 Å². The van der Waals surface area contributed by atoms with E-state index < -0.39 is 12.0 Å². The molecule has 3 heterocycles. The fourth-order valence-electron chi connectivity index (χ4n) is 5.58. The van der Waals surface area contributed by atoms with Gasteiger partial charge in [0.05, 0.1) is 35.1 Å². The van der Waals surface area contributed by atoms with Crippen molar-refractivity contribution in [2.24, 2.45) is 4.99 Å². The summed E-state index contributed by atoms with van der Waals surface area (Å²) in [6, 6.07) is 20.8. The molecule has 0 N–H and O–H groups in total. The van der Waals surface area contributed by atoms with Crippen LogP contribution in [0.4, 0.5) is 0 Å². The van der Waals surface area contributed by atoms with Gasteiger partial charge < -0.3 is 14.0 Å². The van der Waals surface area contributed by atoms with E-state index in [9.17, 15) is 14.4 Å². The van der Waals surface area contributed by atoms with Crippen molar-refractivity contribution in [2.75, 3.05) is 13.2 Å². The first-order valence-corrected chi connectivity index (χ1v) is 14.6. The first-order chi connectivity index (χ1) is 20.4. The minimum atomic E-state index is -0.710. The van der Waals surface area contributed by atoms with Crippen LogP contribution in [0.1, 0.15) is 37.9 Å². The molecule has 212 valence electrons. The highest BCUT2D eigenvalue weighted by Crippen LogP contribution is 2.35. The topological polar surface area (TPSA) is 91.9 Å². The van der Waals surface area contributed by atoms with Crippen LogP contribution < -0.4 is 14.9 Å². The van der Waals surface area contributed by atoms with Crippen molar-refractivity contribution >= 4 is 51.0 Å². The maximum absolute atomic E-state index is 14.2. The molecule has 0 fully saturated rings. The molecular weight excluding hydrogens is 550 g/mol. The Morgan fingerprint density at radius 3 is 2.45 bits per heavy atom. The third-order valence-electron chi connectivity index (χ3n) is 7.35. The van der Waals surface area contributed by atoms with E-state index in [2.05, 4.69) is 0 Å². The van der Waals surface area contributed by atoms with E-state index in [0.717, 1.165) is 32.8 Å². The number of rotatable bonds is 7. The van der Waals surface area contributed by atoms with Gasteiger partial charge in [0.2, 0.25) is 0 Å². The van der Waals surface area contributed by atoms with E-state index in [-0.39, 0.29) is 24.7 Å². The van der Waals surface area contributed by atoms with Crippen molar-refractivity contribution < 1.29 is 19.1 Å². The van der Waals surface area contributed by atoms with Gasteiger partial charge in [0, 0.05) is 22.7 Å². The van der Waals surface area contributed by atoms with Gasteiger partial charge in [-0.15, -0.1) is 0 Å². The van der Waals surface area contributed by atoms with Crippen molar-refractivity contribution in [2.45, 2.75) is 33.4 Å². The van der Waals surface area contributed by atoms with Gasteiger partial charge in [-0.1, -0.05) is 72.0 Å². The molecule has 0 aliphatic carbocycles. The molecule has 0 spiro atoms. The van der Waals surface area contributed by atoms with Crippen LogP contribution in [0.15, 0.2) is 94.0 Å². The average Bonchev–Trinajstić information content (AvgIpc) is 3.48. The van der Waals surface area contributed by atoms with E-state index in [4.69, 9.17) is 14.5 Å². The quantitative estimate of drug-likeness (QED) is 0.266. The number of nitrogens with zero attached hydrogens (tertiary/aromatic N) is 3. The molecule has 0 saturated heterocycles. The van der Waals surface area contributed by atoms with E-state index in [0.29, 0.717) is 27.2 Å². The number of carbonyl (C=O) groups excluding carboxylic acids is 2. The molecule has 0 unspecified atom stereocenters. The molecule has 0 amide bonds. The summed E-state index contributed by atoms with van der Waals surface area (Å²) >= 11 is 1.27. The predicted molar refractivity (Wildman–Crippen MR) is 163 cm³/mol. The Labute approximate surface area is 245 Å². The standard InChI is InChI=1S/C33H29N3O5S/c1-4-40-28(37)19-35-18-22(24-14-8-9-16-26(24)35)17-27-31(38)36-30(25-15-10-12-21-11-6-7-13-23(21)25)29(32(39)41-5-2)20(3)34-33(36)42-27/h6-18,30H,4-5,19H2,1-3H3/b27-17+/t30-/m1/s1. The van der Waals surface area contributed by atoms with Crippen LogP contribution in [0.5, 0.6) is 0 Å². The van der Waals surface area contributed by atoms with Gasteiger partial charge in [0.25, 0.3) is 5.56 Å². The number of carbonyl (C=O) groups is 2. The Balaban J connectivity index is 1.57. The molecule has 42 heavy (non-hydrogen) atoms. The summed E-state index contributed by atoms with van der Waals surface area (Å²) < 4.78 is 14.5. The van der Waals surface area contributed by atoms with Crippen LogP contribution in [-0.4, -0.2) is 34.3 Å². The molecule has 5 aromatic rings. The molecule has 9 heteroatoms. The number of para-hydroxylation sites is 1. The zero-order valence-electron chi connectivity index (χ0n) is 23.5. The molecule has 1 aliphatic rings. The number of allylic oxidation sites excluding steroid dienone is 1. The Bertz CT molecular complexity index is 2080. The van der Waals surface area contributed by atoms with E-state index >= 15 is 0 Å². The summed E-state index contributed by atoms with van der Waals surface area (Å²) in [4.78, 5) is 45.0. The number of hydrogen-bond acceptors (Lipinski definition) is 7. The van der Waals surface area contributed by atoms with Gasteiger partial charge >= 0.3 is 11.9 Å². The van der Waals surface area contributed by atoms with Crippen molar-refractivity contribution in [3.05, 3.63) is 115 Å². The van der Waals surface area contributed by atoms with Crippen LogP contribution in [0, 0.1) is 0 Å². The molecule has 0 bridgehead atoms. The number of esters is 2. The highest BCUT2D eigenvalue weighted by atomic mass is 32.1. The molecule has 3 aromatic carbocycles. The first-order valence-electron chi connectivity index (χ1n) is 13.8. The van der Waals surface area contributed by atoms with Gasteiger partial charge in [0.15, 0.2) is 4.80 Å². The molecule has 6 rings (SSSR count). The highest BCUT2D eigenvalue weighted by Gasteiger charge is 2.34. The molecular formula is C33H29N3O5S. The lowest BCUT2D eigenvalue weighted by Gasteiger charge is -2.25. The molecule has 1 aliphatic heterocycles. The largest absolute Gasteiger partial charge is 0.465 e. The number of ether oxygens (including phenoxy) is 2. The number of fused-ring (bicyclic) bond motifs is 3. The second-order valence-corrected chi connectivity index (χ2v) is 10.9. The van der Waals surface area contributed by atoms with E-state index in [1.807, 2.05) is 83.6 Å². The first kappa shape index (κ1) is 27.4. The second kappa shape index (κ2) is 11.3. The highest BCUT2D eigenvalue weighted by molar-refractivity contribution is 7.07. The Morgan fingerprint density at radius 1 is 0.952 bits per heavy atom. The van der Waals surface area contributed by atoms with Crippen molar-refractivity contribution in [1.29, 1.82) is 0 Å². The molecule has 0 saturated carbocycles. The lowest BCUT2D eigenvalue weighted by atomic mass is 9.91. The third kappa shape index (κ3) is 4.75. The maximum Gasteiger partial charge on any atom is 0.338 e. The summed E-state index contributed by atoms with van der Waals surface area (Å²) in [5, 5.41) is 2.85. The monoisotopic (exact) mass is 579 g/mol. The average molecular weight is 580 g/mol. The van der Waals surface area contributed by atoms with Gasteiger partial charge in [-0.05, 0) is 49.2 Å². The van der Waals surface area contributed by atoms with Gasteiger partial charge in [0.1, 0.15) is 6.54 Å². The summed E-state index contributed by atoms with van der Waals surface area (Å²) in [6.45, 7) is 5.89. The molecule has 1 atom stereocenters. The Morgan fingerprint density at radius 2 is 1.67 bits per heavy atom. The van der Waals surface area contributed by atoms with Crippen molar-refractivity contribution in [3.8, 4) is 0 Å². The zero-order chi connectivity index (χ0) is 29.4. The van der Waals surface area contributed by atoms with Gasteiger partial charge in [-0.25, -0.2) is 9.79 Å². The number of benzene rings is 3. The molecule has 2 aromatic heterocycles. The van der Waals surface area contributed by atoms with Crippen LogP contribution in [0.3, 0.4) is 0 Å². The summed E-state index contributed by atoms with van der Waals surface area (Å²) in [5.41, 5.74) is 3.09. The van der Waals surface area contributed by atoms with Crippen molar-refractivity contribution in [1.82, 2.24) is 9.13 Å². The predicted octanol–water partition coefficient (Wildman–Crippen LogP) is 4.47. The van der Waals surface area contributed by atoms with Crippen LogP contribution in [0.2, 0.25) is 0 Å². The fourth-order valence-corrected chi connectivity index (χ4v) is 6.62. The van der Waals surface area contributed by atoms with Gasteiger partial charge in [-0.3, -0.25) is 14.2 Å². The summed E-state index contributed by atoms with van der Waals surface area (Å²) in [6.07, 6.45) is 3.69. The lowest BCUT2D eigenvalue weighted by Crippen LogP contribution is -2.40. The normalized spacial score (nSPS) is 15.1. The van der Waals surface area contributed by atoms with Crippen molar-refractivity contribution in [3.63, 3.8) is 0 Å². The Kier molecular flexibility index (Phi) is 7.34. The minimum Gasteiger partial charge on any atom is -0.465 e. The summed E-state index contributed by atoms with van der Waals surface area (Å²) in [5.74, 6) is -0.825. The van der Waals surface area contributed by atoms with E-state index in [1.165, 1.54) is 11.3 Å². The van der Waals surface area contributed by atoms with Gasteiger partial charge in [-0.2, -0.15) is 0 Å². The molecule has 0 radical (unpaired) electrons. The smallest absolute Gasteiger partial charge is 0.338 e. The number of aromatic nitrogens is 2. The maximum atomic E-state index is 14.2. The zero-order valence-corrected chi connectivity index (χ0v) is 24.3. The lowest BCUT2D eigenvalue weighted by molar-refractivity contribution is -0.143. The minimum absolute atomic E-state index is 0.0621. The number of thiazole rings is 1. The Hall–Kier alpha value is -4.76. The fraction of sp³-hybridized carbons (Fsp3) is 0.212. The van der Waals surface area contributed by atoms with E-state index in [1.54, 1.807) is 25.3 Å². The SMILES string of the molecule is CCOC(=O)Cn1cc(/C=c2/sc3n(c2=O)[C@H](c2cccc4ccccc24)C(C(=O)OCC)=C(C)N=3)c2ccccc21.